The third-order valence-electron chi connectivity index (χ3n) is 8.54. The zero-order valence-electron chi connectivity index (χ0n) is 35.8. The van der Waals surface area contributed by atoms with E-state index in [-0.39, 0.29) is 40.7 Å². The van der Waals surface area contributed by atoms with Gasteiger partial charge in [0, 0.05) is 47.8 Å². The van der Waals surface area contributed by atoms with Crippen LogP contribution in [0.15, 0.2) is 162 Å². The van der Waals surface area contributed by atoms with Crippen LogP contribution in [0.1, 0.15) is 13.7 Å². The van der Waals surface area contributed by atoms with Gasteiger partial charge in [-0.2, -0.15) is 0 Å². The molecule has 0 atom stereocenters. The monoisotopic (exact) mass is 668 g/mol. The van der Waals surface area contributed by atoms with E-state index in [9.17, 15) is 0 Å². The average molecular weight is 669 g/mol. The van der Waals surface area contributed by atoms with E-state index in [0.717, 1.165) is 36.5 Å². The number of benzene rings is 7. The van der Waals surface area contributed by atoms with Gasteiger partial charge in [0.1, 0.15) is 5.52 Å². The van der Waals surface area contributed by atoms with E-state index in [1.54, 1.807) is 35.6 Å². The summed E-state index contributed by atoms with van der Waals surface area (Å²) in [5.74, 6) is 0.348. The second kappa shape index (κ2) is 11.6. The molecule has 0 radical (unpaired) electrons. The van der Waals surface area contributed by atoms with Crippen molar-refractivity contribution in [2.45, 2.75) is 0 Å². The molecule has 3 aromatic heterocycles. The van der Waals surface area contributed by atoms with Gasteiger partial charge in [-0.3, -0.25) is 0 Å². The van der Waals surface area contributed by atoms with E-state index in [1.165, 1.54) is 0 Å². The minimum atomic E-state index is -0.564. The van der Waals surface area contributed by atoms with Gasteiger partial charge in [0.05, 0.1) is 13.7 Å². The Morgan fingerprint density at radius 1 is 0.500 bits per heavy atom. The Bertz CT molecular complexity index is 3390. The Labute approximate surface area is 305 Å². The summed E-state index contributed by atoms with van der Waals surface area (Å²) >= 11 is 1.67. The number of hydrogen-bond donors (Lipinski definition) is 0. The molecule has 6 heteroatoms. The first kappa shape index (κ1) is 20.1. The van der Waals surface area contributed by atoms with Crippen molar-refractivity contribution in [1.82, 2.24) is 19.9 Å². The van der Waals surface area contributed by atoms with Gasteiger partial charge in [-0.1, -0.05) is 127 Å². The molecule has 0 aliphatic heterocycles. The van der Waals surface area contributed by atoms with Gasteiger partial charge < -0.3 is 4.42 Å². The van der Waals surface area contributed by atoms with Crippen LogP contribution >= 0.6 is 11.3 Å². The summed E-state index contributed by atoms with van der Waals surface area (Å²) in [4.78, 5) is 19.5. The fraction of sp³-hybridized carbons (Fsp3) is 0. The van der Waals surface area contributed by atoms with Gasteiger partial charge in [-0.15, -0.1) is 11.3 Å². The van der Waals surface area contributed by atoms with E-state index in [4.69, 9.17) is 33.1 Å². The maximum atomic E-state index is 8.82. The number of oxazole rings is 1. The van der Waals surface area contributed by atoms with Crippen molar-refractivity contribution in [1.29, 1.82) is 0 Å². The molecule has 10 aromatic rings. The maximum Gasteiger partial charge on any atom is 0.227 e. The molecule has 10 rings (SSSR count). The summed E-state index contributed by atoms with van der Waals surface area (Å²) in [5.41, 5.74) is 2.67. The molecule has 7 aromatic carbocycles. The molecule has 0 saturated heterocycles. The van der Waals surface area contributed by atoms with Crippen molar-refractivity contribution in [2.24, 2.45) is 0 Å². The first-order valence-corrected chi connectivity index (χ1v) is 16.5. The normalized spacial score (nSPS) is 14.4. The number of hydrogen-bond acceptors (Lipinski definition) is 6. The highest BCUT2D eigenvalue weighted by molar-refractivity contribution is 7.26. The van der Waals surface area contributed by atoms with Gasteiger partial charge in [0.15, 0.2) is 23.1 Å². The van der Waals surface area contributed by atoms with Crippen LogP contribution in [0.4, 0.5) is 0 Å². The molecule has 0 spiro atoms. The largest absolute Gasteiger partial charge is 0.435 e. The Morgan fingerprint density at radius 3 is 1.94 bits per heavy atom. The van der Waals surface area contributed by atoms with Gasteiger partial charge >= 0.3 is 0 Å². The highest BCUT2D eigenvalue weighted by Crippen LogP contribution is 2.44. The van der Waals surface area contributed by atoms with Crippen LogP contribution < -0.4 is 0 Å². The van der Waals surface area contributed by atoms with Gasteiger partial charge in [0.2, 0.25) is 5.89 Å². The van der Waals surface area contributed by atoms with Crippen molar-refractivity contribution in [2.75, 3.05) is 0 Å². The lowest BCUT2D eigenvalue weighted by atomic mass is 9.99. The molecule has 0 fully saturated rings. The molecule has 3 heterocycles. The van der Waals surface area contributed by atoms with E-state index in [2.05, 4.69) is 23.2 Å². The molecular formula is C44H26N4OS. The lowest BCUT2D eigenvalue weighted by Crippen LogP contribution is -2.00. The Hall–Kier alpha value is -6.50. The molecule has 0 saturated carbocycles. The molecule has 0 aliphatic carbocycles. The van der Waals surface area contributed by atoms with Crippen LogP contribution in [-0.4, -0.2) is 19.9 Å². The number of fused-ring (bicyclic) bond motifs is 7. The van der Waals surface area contributed by atoms with Gasteiger partial charge in [0.25, 0.3) is 0 Å². The van der Waals surface area contributed by atoms with Crippen LogP contribution in [0, 0.1) is 0 Å². The first-order valence-electron chi connectivity index (χ1n) is 20.7. The summed E-state index contributed by atoms with van der Waals surface area (Å²) in [7, 11) is 0. The van der Waals surface area contributed by atoms with Gasteiger partial charge in [-0.05, 0) is 46.8 Å². The molecule has 5 nitrogen and oxygen atoms in total. The fourth-order valence-electron chi connectivity index (χ4n) is 6.25. The molecule has 0 amide bonds. The van der Waals surface area contributed by atoms with Crippen LogP contribution in [0.2, 0.25) is 0 Å². The summed E-state index contributed by atoms with van der Waals surface area (Å²) in [6, 6.07) is 25.2. The van der Waals surface area contributed by atoms with Crippen LogP contribution in [-0.2, 0) is 0 Å². The number of thiophene rings is 1. The summed E-state index contributed by atoms with van der Waals surface area (Å²) < 4.78 is 92.9. The fourth-order valence-corrected chi connectivity index (χ4v) is 7.36. The lowest BCUT2D eigenvalue weighted by Gasteiger charge is -2.10. The Balaban J connectivity index is 1.26. The van der Waals surface area contributed by atoms with Gasteiger partial charge in [-0.25, -0.2) is 19.9 Å². The number of rotatable bonds is 5. The highest BCUT2D eigenvalue weighted by atomic mass is 32.1. The quantitative estimate of drug-likeness (QED) is 0.183. The first-order chi connectivity index (χ1) is 28.9. The standard InChI is InChI=1S/C44H26N4OS/c1-4-12-27(13-5-1)28-20-22-30(23-21-28)42-46-41(29-14-6-2-7-15-29)47-43(48-42)34-26-32-24-25-36-38(33-18-10-11-19-35(33)50-36)37(32)40-39(34)45-44(49-40)31-16-8-3-9-17-31/h1-26H/i1D,2D,4D,5D,6D,7D,12D,13D,14D,15D. The molecule has 0 N–H and O–H groups in total. The third-order valence-corrected chi connectivity index (χ3v) is 9.67. The summed E-state index contributed by atoms with van der Waals surface area (Å²) in [6.45, 7) is 0. The van der Waals surface area contributed by atoms with Crippen molar-refractivity contribution in [3.63, 3.8) is 0 Å². The average Bonchev–Trinajstić information content (AvgIpc) is 3.89. The molecule has 234 valence electrons. The van der Waals surface area contributed by atoms with Crippen molar-refractivity contribution in [3.8, 4) is 56.7 Å². The lowest BCUT2D eigenvalue weighted by molar-refractivity contribution is 0.623. The van der Waals surface area contributed by atoms with E-state index in [1.807, 2.05) is 54.6 Å². The van der Waals surface area contributed by atoms with E-state index in [0.29, 0.717) is 33.7 Å². The van der Waals surface area contributed by atoms with Crippen molar-refractivity contribution < 1.29 is 18.1 Å². The minimum absolute atomic E-state index is 0.0232. The van der Waals surface area contributed by atoms with Crippen molar-refractivity contribution in [3.05, 3.63) is 157 Å². The van der Waals surface area contributed by atoms with Crippen LogP contribution in [0.25, 0.3) is 98.8 Å². The zero-order valence-corrected chi connectivity index (χ0v) is 26.7. The predicted octanol–water partition coefficient (Wildman–Crippen LogP) is 11.9. The highest BCUT2D eigenvalue weighted by Gasteiger charge is 2.23. The molecular weight excluding hydrogens is 633 g/mol. The summed E-state index contributed by atoms with van der Waals surface area (Å²) in [6.07, 6.45) is 0. The summed E-state index contributed by atoms with van der Waals surface area (Å²) in [5, 5.41) is 3.73. The third kappa shape index (κ3) is 4.77. The molecule has 0 bridgehead atoms. The van der Waals surface area contributed by atoms with E-state index >= 15 is 0 Å². The smallest absolute Gasteiger partial charge is 0.227 e. The number of aromatic nitrogens is 4. The second-order valence-corrected chi connectivity index (χ2v) is 12.6. The topological polar surface area (TPSA) is 64.7 Å². The zero-order chi connectivity index (χ0) is 41.7. The van der Waals surface area contributed by atoms with E-state index < -0.39 is 48.3 Å². The second-order valence-electron chi connectivity index (χ2n) is 11.5. The minimum Gasteiger partial charge on any atom is -0.435 e. The van der Waals surface area contributed by atoms with Crippen LogP contribution in [0.3, 0.4) is 0 Å². The molecule has 0 unspecified atom stereocenters. The number of nitrogens with zero attached hydrogens (tertiary/aromatic N) is 4. The predicted molar refractivity (Wildman–Crippen MR) is 205 cm³/mol. The van der Waals surface area contributed by atoms with Crippen LogP contribution in [0.5, 0.6) is 0 Å². The molecule has 0 aliphatic rings. The SMILES string of the molecule is [2H]c1c([2H])c([2H])c(-c2ccc(-c3nc(-c4c([2H])c([2H])c([2H])c([2H])c4[2H])nc(-c4cc5ccc6sc7ccccc7c6c5c5oc(-c6ccccc6)nc45)n3)cc2)c([2H])c1[2H]. The van der Waals surface area contributed by atoms with Crippen molar-refractivity contribution >= 4 is 53.4 Å². The molecule has 50 heavy (non-hydrogen) atoms. The Kier molecular flexibility index (Phi) is 4.66. The Morgan fingerprint density at radius 2 is 1.16 bits per heavy atom. The maximum absolute atomic E-state index is 8.82.